The molecule has 10 nitrogen and oxygen atoms in total. The van der Waals surface area contributed by atoms with E-state index < -0.39 is 39.5 Å². The zero-order valence-corrected chi connectivity index (χ0v) is 23.1. The third-order valence-electron chi connectivity index (χ3n) is 6.91. The fourth-order valence-electron chi connectivity index (χ4n) is 4.95. The van der Waals surface area contributed by atoms with E-state index in [1.165, 1.54) is 9.21 Å². The molecule has 3 amide bonds. The van der Waals surface area contributed by atoms with E-state index in [2.05, 4.69) is 0 Å². The molecule has 0 unspecified atom stereocenters. The van der Waals surface area contributed by atoms with Gasteiger partial charge >= 0.3 is 6.09 Å². The Kier molecular flexibility index (Phi) is 9.22. The first kappa shape index (κ1) is 28.9. The van der Waals surface area contributed by atoms with Crippen molar-refractivity contribution in [2.24, 2.45) is 11.7 Å². The highest BCUT2D eigenvalue weighted by molar-refractivity contribution is 7.88. The summed E-state index contributed by atoms with van der Waals surface area (Å²) in [6.45, 7) is 8.45. The number of rotatable bonds is 8. The molecule has 2 N–H and O–H groups in total. The average molecular weight is 537 g/mol. The second-order valence-electron chi connectivity index (χ2n) is 11.0. The largest absolute Gasteiger partial charge is 0.444 e. The molecule has 0 spiro atoms. The fourth-order valence-corrected chi connectivity index (χ4v) is 6.74. The Bertz CT molecular complexity index is 1060. The van der Waals surface area contributed by atoms with Crippen LogP contribution >= 0.6 is 0 Å². The van der Waals surface area contributed by atoms with E-state index in [0.717, 1.165) is 0 Å². The maximum Gasteiger partial charge on any atom is 0.410 e. The molecule has 37 heavy (non-hydrogen) atoms. The minimum absolute atomic E-state index is 0.0370. The van der Waals surface area contributed by atoms with Crippen LogP contribution in [0.5, 0.6) is 0 Å². The summed E-state index contributed by atoms with van der Waals surface area (Å²) in [4.78, 5) is 40.9. The first-order valence-corrected chi connectivity index (χ1v) is 14.5. The number of piperidine rings is 1. The van der Waals surface area contributed by atoms with Gasteiger partial charge in [0, 0.05) is 26.2 Å². The zero-order chi connectivity index (χ0) is 27.4. The van der Waals surface area contributed by atoms with Crippen molar-refractivity contribution in [3.63, 3.8) is 0 Å². The highest BCUT2D eigenvalue weighted by Crippen LogP contribution is 2.26. The lowest BCUT2D eigenvalue weighted by atomic mass is 9.96. The third kappa shape index (κ3) is 7.67. The first-order valence-electron chi connectivity index (χ1n) is 12.9. The highest BCUT2D eigenvalue weighted by Gasteiger charge is 2.41. The number of hydrogen-bond acceptors (Lipinski definition) is 6. The number of nitrogens with two attached hydrogens (primary N) is 1. The maximum absolute atomic E-state index is 13.7. The van der Waals surface area contributed by atoms with Gasteiger partial charge < -0.3 is 20.3 Å². The third-order valence-corrected chi connectivity index (χ3v) is 8.79. The summed E-state index contributed by atoms with van der Waals surface area (Å²) in [6.07, 6.45) is 1.92. The lowest BCUT2D eigenvalue weighted by Crippen LogP contribution is -2.54. The second-order valence-corrected chi connectivity index (χ2v) is 12.9. The lowest BCUT2D eigenvalue weighted by molar-refractivity contribution is -0.140. The quantitative estimate of drug-likeness (QED) is 0.543. The van der Waals surface area contributed by atoms with Crippen LogP contribution in [-0.2, 0) is 30.1 Å². The standard InChI is InChI=1S/C26H40N4O6S/c1-19(24(32)29-14-8-11-22(29)23(27)31)30(37(34,35)18-21-9-6-5-7-10-21)17-20-12-15-28(16-13-20)25(33)36-26(2,3)4/h5-7,9-10,19-20,22H,8,11-18H2,1-4H3,(H2,27,31)/t19-,22-/m0/s1. The van der Waals surface area contributed by atoms with Gasteiger partial charge in [-0.25, -0.2) is 13.2 Å². The molecule has 2 aliphatic heterocycles. The van der Waals surface area contributed by atoms with E-state index in [0.29, 0.717) is 50.9 Å². The van der Waals surface area contributed by atoms with Crippen LogP contribution in [0.4, 0.5) is 4.79 Å². The Labute approximate surface area is 220 Å². The normalized spacial score (nSPS) is 20.2. The van der Waals surface area contributed by atoms with Gasteiger partial charge in [-0.15, -0.1) is 0 Å². The van der Waals surface area contributed by atoms with Gasteiger partial charge in [0.15, 0.2) is 0 Å². The number of likely N-dealkylation sites (tertiary alicyclic amines) is 2. The molecule has 0 aromatic heterocycles. The van der Waals surface area contributed by atoms with Crippen LogP contribution in [0.1, 0.15) is 58.9 Å². The number of primary amides is 1. The van der Waals surface area contributed by atoms with Crippen LogP contribution in [0.3, 0.4) is 0 Å². The molecular weight excluding hydrogens is 496 g/mol. The number of carbonyl (C=O) groups excluding carboxylic acids is 3. The molecule has 2 fully saturated rings. The second kappa shape index (κ2) is 11.8. The Balaban J connectivity index is 1.77. The van der Waals surface area contributed by atoms with Crippen LogP contribution in [0.2, 0.25) is 0 Å². The van der Waals surface area contributed by atoms with Crippen LogP contribution in [-0.4, -0.2) is 84.3 Å². The molecule has 2 saturated heterocycles. The Hall–Kier alpha value is -2.66. The van der Waals surface area contributed by atoms with Crippen molar-refractivity contribution in [2.45, 2.75) is 76.8 Å². The summed E-state index contributed by atoms with van der Waals surface area (Å²) >= 11 is 0. The smallest absolute Gasteiger partial charge is 0.410 e. The topological polar surface area (TPSA) is 130 Å². The number of benzene rings is 1. The number of nitrogens with zero attached hydrogens (tertiary/aromatic N) is 3. The summed E-state index contributed by atoms with van der Waals surface area (Å²) in [7, 11) is -3.88. The molecule has 2 atom stereocenters. The first-order chi connectivity index (χ1) is 17.3. The van der Waals surface area contributed by atoms with Crippen molar-refractivity contribution < 1.29 is 27.5 Å². The number of hydrogen-bond donors (Lipinski definition) is 1. The summed E-state index contributed by atoms with van der Waals surface area (Å²) in [6, 6.07) is 7.14. The molecule has 0 saturated carbocycles. The Morgan fingerprint density at radius 1 is 1.08 bits per heavy atom. The fraction of sp³-hybridized carbons (Fsp3) is 0.654. The van der Waals surface area contributed by atoms with E-state index in [9.17, 15) is 22.8 Å². The van der Waals surface area contributed by atoms with Crippen molar-refractivity contribution in [1.82, 2.24) is 14.1 Å². The molecule has 2 heterocycles. The van der Waals surface area contributed by atoms with Crippen molar-refractivity contribution in [3.05, 3.63) is 35.9 Å². The van der Waals surface area contributed by atoms with Gasteiger partial charge in [-0.3, -0.25) is 9.59 Å². The minimum Gasteiger partial charge on any atom is -0.444 e. The molecule has 1 aromatic carbocycles. The highest BCUT2D eigenvalue weighted by atomic mass is 32.2. The van der Waals surface area contributed by atoms with E-state index >= 15 is 0 Å². The Morgan fingerprint density at radius 2 is 1.70 bits per heavy atom. The van der Waals surface area contributed by atoms with Crippen LogP contribution in [0.15, 0.2) is 30.3 Å². The van der Waals surface area contributed by atoms with Gasteiger partial charge in [0.2, 0.25) is 21.8 Å². The van der Waals surface area contributed by atoms with Crippen molar-refractivity contribution in [3.8, 4) is 0 Å². The van der Waals surface area contributed by atoms with Crippen LogP contribution < -0.4 is 5.73 Å². The maximum atomic E-state index is 13.7. The average Bonchev–Trinajstić information content (AvgIpc) is 3.31. The predicted octanol–water partition coefficient (Wildman–Crippen LogP) is 2.33. The molecule has 3 rings (SSSR count). The summed E-state index contributed by atoms with van der Waals surface area (Å²) in [5.41, 5.74) is 5.54. The predicted molar refractivity (Wildman–Crippen MR) is 140 cm³/mol. The molecular formula is C26H40N4O6S. The van der Waals surface area contributed by atoms with Gasteiger partial charge in [-0.05, 0) is 64.9 Å². The molecule has 0 radical (unpaired) electrons. The van der Waals surface area contributed by atoms with Gasteiger partial charge in [0.25, 0.3) is 0 Å². The van der Waals surface area contributed by atoms with Gasteiger partial charge in [0.05, 0.1) is 5.75 Å². The van der Waals surface area contributed by atoms with Crippen molar-refractivity contribution in [1.29, 1.82) is 0 Å². The lowest BCUT2D eigenvalue weighted by Gasteiger charge is -2.37. The molecule has 0 bridgehead atoms. The summed E-state index contributed by atoms with van der Waals surface area (Å²) < 4.78 is 34.1. The van der Waals surface area contributed by atoms with Crippen LogP contribution in [0, 0.1) is 5.92 Å². The minimum atomic E-state index is -3.88. The van der Waals surface area contributed by atoms with E-state index in [-0.39, 0.29) is 24.3 Å². The number of ether oxygens (including phenoxy) is 1. The van der Waals surface area contributed by atoms with E-state index in [1.807, 2.05) is 26.8 Å². The summed E-state index contributed by atoms with van der Waals surface area (Å²) in [5.74, 6) is -1.26. The van der Waals surface area contributed by atoms with Crippen LogP contribution in [0.25, 0.3) is 0 Å². The molecule has 11 heteroatoms. The molecule has 0 aliphatic carbocycles. The van der Waals surface area contributed by atoms with E-state index in [1.54, 1.807) is 36.1 Å². The Morgan fingerprint density at radius 3 is 2.27 bits per heavy atom. The number of amides is 3. The molecule has 1 aromatic rings. The zero-order valence-electron chi connectivity index (χ0n) is 22.3. The van der Waals surface area contributed by atoms with Gasteiger partial charge in [-0.2, -0.15) is 4.31 Å². The monoisotopic (exact) mass is 536 g/mol. The SMILES string of the molecule is C[C@@H](C(=O)N1CCC[C@H]1C(N)=O)N(CC1CCN(C(=O)OC(C)(C)C)CC1)S(=O)(=O)Cc1ccccc1. The number of sulfonamides is 1. The van der Waals surface area contributed by atoms with E-state index in [4.69, 9.17) is 10.5 Å². The van der Waals surface area contributed by atoms with Crippen molar-refractivity contribution in [2.75, 3.05) is 26.2 Å². The molecule has 2 aliphatic rings. The van der Waals surface area contributed by atoms with Crippen molar-refractivity contribution >= 4 is 27.9 Å². The molecule has 206 valence electrons. The number of carbonyl (C=O) groups is 3. The van der Waals surface area contributed by atoms with Gasteiger partial charge in [0.1, 0.15) is 17.7 Å². The summed E-state index contributed by atoms with van der Waals surface area (Å²) in [5, 5.41) is 0. The van der Waals surface area contributed by atoms with Gasteiger partial charge in [-0.1, -0.05) is 30.3 Å².